The zero-order chi connectivity index (χ0) is 27.1. The van der Waals surface area contributed by atoms with Crippen LogP contribution in [0.1, 0.15) is 74.9 Å². The van der Waals surface area contributed by atoms with Crippen molar-refractivity contribution in [3.05, 3.63) is 5.69 Å². The van der Waals surface area contributed by atoms with E-state index in [0.29, 0.717) is 12.4 Å². The summed E-state index contributed by atoms with van der Waals surface area (Å²) in [4.78, 5) is 13.7. The molecule has 0 N–H and O–H groups in total. The Bertz CT molecular complexity index is 765. The fourth-order valence-electron chi connectivity index (χ4n) is 3.05. The van der Waals surface area contributed by atoms with Crippen LogP contribution in [0.3, 0.4) is 0 Å². The highest BCUT2D eigenvalue weighted by molar-refractivity contribution is 8.19. The number of carbonyl (C=O) groups is 1. The Morgan fingerprint density at radius 2 is 1.68 bits per heavy atom. The molecule has 1 unspecified atom stereocenters. The lowest BCUT2D eigenvalue weighted by Crippen LogP contribution is -2.41. The molecule has 1 amide bonds. The van der Waals surface area contributed by atoms with Crippen LogP contribution in [0.15, 0.2) is 0 Å². The average molecular weight is 497 g/mol. The third-order valence-electron chi connectivity index (χ3n) is 5.25. The topological polar surface area (TPSA) is 75.1 Å². The molecule has 1 aromatic heterocycles. The SMILES string of the molecule is CC.Cc1nn(C)c(OC(C)CN(C)C(=O)OC(C)(C)C)c1B1OC(C)(C)C(C)(C)O1.[B]SC. The van der Waals surface area contributed by atoms with E-state index in [-0.39, 0.29) is 12.2 Å². The maximum atomic E-state index is 12.2. The molecule has 0 spiro atoms. The first-order valence-electron chi connectivity index (χ1n) is 11.7. The Hall–Kier alpha value is -1.32. The van der Waals surface area contributed by atoms with Crippen LogP contribution in [0.4, 0.5) is 4.79 Å². The largest absolute Gasteiger partial charge is 0.502 e. The van der Waals surface area contributed by atoms with E-state index >= 15 is 0 Å². The molecule has 2 rings (SSSR count). The van der Waals surface area contributed by atoms with Gasteiger partial charge in [-0.15, -0.1) is 0 Å². The van der Waals surface area contributed by atoms with Gasteiger partial charge in [-0.3, -0.25) is 0 Å². The maximum Gasteiger partial charge on any atom is 0.502 e. The summed E-state index contributed by atoms with van der Waals surface area (Å²) < 4.78 is 25.7. The Kier molecular flexibility index (Phi) is 12.6. The quantitative estimate of drug-likeness (QED) is 0.567. The molecule has 1 fully saturated rings. The molecule has 0 saturated carbocycles. The highest BCUT2D eigenvalue weighted by atomic mass is 32.2. The van der Waals surface area contributed by atoms with Gasteiger partial charge in [0.2, 0.25) is 5.88 Å². The first kappa shape index (κ1) is 32.7. The summed E-state index contributed by atoms with van der Waals surface area (Å²) in [6.45, 7) is 21.7. The van der Waals surface area contributed by atoms with E-state index in [1.807, 2.05) is 89.5 Å². The molecule has 1 aliphatic rings. The van der Waals surface area contributed by atoms with Crippen molar-refractivity contribution in [2.45, 2.75) is 99.1 Å². The fourth-order valence-corrected chi connectivity index (χ4v) is 3.05. The average Bonchev–Trinajstić information content (AvgIpc) is 3.06. The second-order valence-corrected chi connectivity index (χ2v) is 10.5. The number of aromatic nitrogens is 2. The monoisotopic (exact) mass is 497 g/mol. The number of aryl methyl sites for hydroxylation is 2. The van der Waals surface area contributed by atoms with Gasteiger partial charge in [-0.2, -0.15) is 5.10 Å². The number of rotatable bonds is 5. The molecule has 0 aliphatic carbocycles. The lowest BCUT2D eigenvalue weighted by Gasteiger charge is -2.32. The van der Waals surface area contributed by atoms with Crippen molar-refractivity contribution in [3.8, 4) is 5.88 Å². The highest BCUT2D eigenvalue weighted by Crippen LogP contribution is 2.37. The van der Waals surface area contributed by atoms with Gasteiger partial charge in [0.1, 0.15) is 11.7 Å². The molecule has 1 atom stereocenters. The summed E-state index contributed by atoms with van der Waals surface area (Å²) in [6, 6.07) is 0. The van der Waals surface area contributed by atoms with Crippen LogP contribution in [0.25, 0.3) is 0 Å². The second kappa shape index (κ2) is 13.1. The van der Waals surface area contributed by atoms with Gasteiger partial charge in [0.25, 0.3) is 0 Å². The molecular weight excluding hydrogens is 452 g/mol. The van der Waals surface area contributed by atoms with Crippen LogP contribution < -0.4 is 10.2 Å². The molecule has 2 heterocycles. The minimum atomic E-state index is -0.570. The van der Waals surface area contributed by atoms with Crippen molar-refractivity contribution in [2.75, 3.05) is 19.8 Å². The van der Waals surface area contributed by atoms with Gasteiger partial charge in [0.05, 0.1) is 28.9 Å². The van der Waals surface area contributed by atoms with Gasteiger partial charge >= 0.3 is 13.2 Å². The van der Waals surface area contributed by atoms with Gasteiger partial charge < -0.3 is 23.7 Å². The summed E-state index contributed by atoms with van der Waals surface area (Å²) in [5, 5.41) is 4.49. The number of amides is 1. The van der Waals surface area contributed by atoms with Crippen LogP contribution in [-0.2, 0) is 21.1 Å². The lowest BCUT2D eigenvalue weighted by atomic mass is 9.79. The van der Waals surface area contributed by atoms with E-state index in [1.54, 1.807) is 11.7 Å². The van der Waals surface area contributed by atoms with E-state index in [1.165, 1.54) is 16.5 Å². The molecule has 34 heavy (non-hydrogen) atoms. The number of hydrogen-bond acceptors (Lipinski definition) is 7. The third kappa shape index (κ3) is 9.04. The van der Waals surface area contributed by atoms with E-state index in [0.717, 1.165) is 11.2 Å². The van der Waals surface area contributed by atoms with E-state index in [9.17, 15) is 4.79 Å². The van der Waals surface area contributed by atoms with Gasteiger partial charge in [-0.1, -0.05) is 13.8 Å². The number of nitrogens with zero attached hydrogens (tertiary/aromatic N) is 3. The molecule has 11 heteroatoms. The van der Waals surface area contributed by atoms with Crippen molar-refractivity contribution in [2.24, 2.45) is 7.05 Å². The van der Waals surface area contributed by atoms with Crippen molar-refractivity contribution in [1.82, 2.24) is 14.7 Å². The predicted octanol–water partition coefficient (Wildman–Crippen LogP) is 4.12. The molecule has 1 saturated heterocycles. The first-order chi connectivity index (χ1) is 15.5. The summed E-state index contributed by atoms with van der Waals surface area (Å²) in [5.74, 6) is 0.575. The fraction of sp³-hybridized carbons (Fsp3) is 0.826. The Morgan fingerprint density at radius 3 is 2.09 bits per heavy atom. The minimum Gasteiger partial charge on any atom is -0.473 e. The smallest absolute Gasteiger partial charge is 0.473 e. The summed E-state index contributed by atoms with van der Waals surface area (Å²) >= 11 is 1.25. The Morgan fingerprint density at radius 1 is 1.24 bits per heavy atom. The molecule has 8 nitrogen and oxygen atoms in total. The number of ether oxygens (including phenoxy) is 2. The molecule has 2 radical (unpaired) electrons. The van der Waals surface area contributed by atoms with Gasteiger partial charge in [0, 0.05) is 14.1 Å². The molecule has 1 aliphatic heterocycles. The lowest BCUT2D eigenvalue weighted by molar-refractivity contribution is 0.00578. The van der Waals surface area contributed by atoms with Crippen molar-refractivity contribution in [1.29, 1.82) is 0 Å². The Labute approximate surface area is 213 Å². The highest BCUT2D eigenvalue weighted by Gasteiger charge is 2.53. The second-order valence-electron chi connectivity index (χ2n) is 10.0. The van der Waals surface area contributed by atoms with Crippen molar-refractivity contribution < 1.29 is 23.6 Å². The van der Waals surface area contributed by atoms with Crippen LogP contribution >= 0.6 is 11.6 Å². The summed E-state index contributed by atoms with van der Waals surface area (Å²) in [5.41, 5.74) is 0.101. The number of carbonyl (C=O) groups excluding carboxylic acids is 1. The van der Waals surface area contributed by atoms with E-state index in [4.69, 9.17) is 25.9 Å². The maximum absolute atomic E-state index is 12.2. The number of hydrogen-bond donors (Lipinski definition) is 0. The molecule has 0 bridgehead atoms. The third-order valence-corrected chi connectivity index (χ3v) is 5.25. The molecule has 1 aromatic rings. The van der Waals surface area contributed by atoms with Crippen LogP contribution in [0, 0.1) is 6.92 Å². The Balaban J connectivity index is 0.00000201. The summed E-state index contributed by atoms with van der Waals surface area (Å²) in [6.07, 6.45) is 1.14. The molecular formula is C23H45B2N3O5S. The predicted molar refractivity (Wildman–Crippen MR) is 143 cm³/mol. The van der Waals surface area contributed by atoms with Crippen molar-refractivity contribution in [3.63, 3.8) is 0 Å². The van der Waals surface area contributed by atoms with Gasteiger partial charge in [0.15, 0.2) is 7.12 Å². The first-order valence-corrected chi connectivity index (χ1v) is 13.0. The van der Waals surface area contributed by atoms with Gasteiger partial charge in [-0.05, 0) is 68.6 Å². The van der Waals surface area contributed by atoms with Crippen molar-refractivity contribution >= 4 is 37.4 Å². The molecule has 194 valence electrons. The van der Waals surface area contributed by atoms with E-state index < -0.39 is 23.9 Å². The van der Waals surface area contributed by atoms with Crippen LogP contribution in [0.5, 0.6) is 5.88 Å². The summed E-state index contributed by atoms with van der Waals surface area (Å²) in [7, 11) is 7.71. The molecule has 0 aromatic carbocycles. The zero-order valence-corrected chi connectivity index (χ0v) is 24.5. The normalized spacial score (nSPS) is 17.1. The standard InChI is InChI=1S/C20H36BN3O5.C2H6.CH3BS/c1-13(12-23(10)17(25)27-18(3,4)5)26-16-15(14(2)22-24(16)11)21-28-19(6,7)20(8,9)29-21;1-2;1-3-2/h13H,12H2,1-11H3;1-2H3;1H3. The minimum absolute atomic E-state index is 0.288. The number of likely N-dealkylation sites (N-methyl/N-ethyl adjacent to an activating group) is 1. The van der Waals surface area contributed by atoms with Crippen LogP contribution in [0.2, 0.25) is 0 Å². The van der Waals surface area contributed by atoms with E-state index in [2.05, 4.69) is 5.10 Å². The van der Waals surface area contributed by atoms with Gasteiger partial charge in [-0.25, -0.2) is 21.1 Å². The zero-order valence-electron chi connectivity index (χ0n) is 23.7. The van der Waals surface area contributed by atoms with Crippen LogP contribution in [-0.4, -0.2) is 77.8 Å².